The molecule has 3 nitrogen and oxygen atoms in total. The fourth-order valence-electron chi connectivity index (χ4n) is 3.46. The average molecular weight is 319 g/mol. The Bertz CT molecular complexity index is 675. The fourth-order valence-corrected chi connectivity index (χ4v) is 3.46. The molecule has 5 heteroatoms. The van der Waals surface area contributed by atoms with Gasteiger partial charge in [0.15, 0.2) is 5.82 Å². The van der Waals surface area contributed by atoms with E-state index < -0.39 is 11.6 Å². The Labute approximate surface area is 135 Å². The van der Waals surface area contributed by atoms with Crippen molar-refractivity contribution in [1.29, 1.82) is 0 Å². The summed E-state index contributed by atoms with van der Waals surface area (Å²) in [5, 5.41) is 7.96. The molecular weight excluding hydrogens is 296 g/mol. The molecule has 1 fully saturated rings. The van der Waals surface area contributed by atoms with Gasteiger partial charge in [0.2, 0.25) is 0 Å². The lowest BCUT2D eigenvalue weighted by Crippen LogP contribution is -2.33. The van der Waals surface area contributed by atoms with E-state index in [1.165, 1.54) is 44.2 Å². The Hall–Kier alpha value is -1.75. The van der Waals surface area contributed by atoms with Gasteiger partial charge in [-0.1, -0.05) is 19.3 Å². The van der Waals surface area contributed by atoms with Gasteiger partial charge in [0.1, 0.15) is 11.5 Å². The number of benzene rings is 1. The van der Waals surface area contributed by atoms with Crippen LogP contribution in [0.3, 0.4) is 0 Å². The van der Waals surface area contributed by atoms with Crippen LogP contribution < -0.4 is 5.32 Å². The number of nitrogens with zero attached hydrogens (tertiary/aromatic N) is 2. The lowest BCUT2D eigenvalue weighted by Gasteiger charge is -2.26. The van der Waals surface area contributed by atoms with E-state index in [0.29, 0.717) is 6.04 Å². The second kappa shape index (κ2) is 6.79. The maximum Gasteiger partial charge on any atom is 0.151 e. The summed E-state index contributed by atoms with van der Waals surface area (Å²) < 4.78 is 28.6. The van der Waals surface area contributed by atoms with Crippen LogP contribution in [0.15, 0.2) is 24.4 Å². The molecular formula is C18H23F2N3. The second-order valence-corrected chi connectivity index (χ2v) is 6.42. The molecule has 3 rings (SSSR count). The number of nitrogens with one attached hydrogen (secondary N) is 1. The third-order valence-electron chi connectivity index (χ3n) is 4.74. The highest BCUT2D eigenvalue weighted by Crippen LogP contribution is 2.25. The monoisotopic (exact) mass is 319 g/mol. The minimum atomic E-state index is -0.601. The highest BCUT2D eigenvalue weighted by molar-refractivity contribution is 5.37. The van der Waals surface area contributed by atoms with Gasteiger partial charge in [0.05, 0.1) is 6.20 Å². The first-order valence-electron chi connectivity index (χ1n) is 8.32. The Balaban J connectivity index is 1.80. The molecule has 1 aliphatic carbocycles. The highest BCUT2D eigenvalue weighted by atomic mass is 19.1. The Kier molecular flexibility index (Phi) is 4.76. The van der Waals surface area contributed by atoms with Crippen LogP contribution in [0.2, 0.25) is 0 Å². The fraction of sp³-hybridized carbons (Fsp3) is 0.500. The van der Waals surface area contributed by atoms with Crippen LogP contribution in [0.1, 0.15) is 56.3 Å². The lowest BCUT2D eigenvalue weighted by atomic mass is 9.94. The number of halogens is 2. The topological polar surface area (TPSA) is 29.9 Å². The number of hydrogen-bond acceptors (Lipinski definition) is 2. The molecule has 2 aromatic rings. The predicted molar refractivity (Wildman–Crippen MR) is 86.6 cm³/mol. The maximum absolute atomic E-state index is 14.0. The standard InChI is InChI=1S/C18H23F2N3/c1-12(22-15-6-4-3-5-7-15)16-11-21-23(13(16)2)18-9-8-14(19)10-17(18)20/h8-12,15,22H,3-7H2,1-2H3/t12-/m0/s1. The Morgan fingerprint density at radius 2 is 1.96 bits per heavy atom. The van der Waals surface area contributed by atoms with Gasteiger partial charge >= 0.3 is 0 Å². The molecule has 0 unspecified atom stereocenters. The molecule has 1 atom stereocenters. The molecule has 1 aromatic carbocycles. The van der Waals surface area contributed by atoms with Gasteiger partial charge in [-0.05, 0) is 38.8 Å². The van der Waals surface area contributed by atoms with E-state index >= 15 is 0 Å². The minimum absolute atomic E-state index is 0.162. The van der Waals surface area contributed by atoms with Gasteiger partial charge in [-0.3, -0.25) is 0 Å². The van der Waals surface area contributed by atoms with Crippen LogP contribution in [-0.4, -0.2) is 15.8 Å². The van der Waals surface area contributed by atoms with Crippen LogP contribution in [0, 0.1) is 18.6 Å². The summed E-state index contributed by atoms with van der Waals surface area (Å²) in [7, 11) is 0. The van der Waals surface area contributed by atoms with Gasteiger partial charge in [-0.25, -0.2) is 13.5 Å². The van der Waals surface area contributed by atoms with Crippen molar-refractivity contribution in [3.8, 4) is 5.69 Å². The van der Waals surface area contributed by atoms with Crippen LogP contribution in [0.4, 0.5) is 8.78 Å². The van der Waals surface area contributed by atoms with E-state index in [9.17, 15) is 8.78 Å². The first kappa shape index (κ1) is 16.1. The molecule has 1 aromatic heterocycles. The van der Waals surface area contributed by atoms with Gasteiger partial charge in [0, 0.05) is 29.4 Å². The van der Waals surface area contributed by atoms with Gasteiger partial charge < -0.3 is 5.32 Å². The van der Waals surface area contributed by atoms with Crippen molar-refractivity contribution in [2.24, 2.45) is 0 Å². The zero-order chi connectivity index (χ0) is 16.4. The van der Waals surface area contributed by atoms with Gasteiger partial charge in [-0.2, -0.15) is 5.10 Å². The van der Waals surface area contributed by atoms with E-state index in [1.54, 1.807) is 10.9 Å². The minimum Gasteiger partial charge on any atom is -0.307 e. The molecule has 0 spiro atoms. The summed E-state index contributed by atoms with van der Waals surface area (Å²) in [5.41, 5.74) is 2.21. The summed E-state index contributed by atoms with van der Waals surface area (Å²) >= 11 is 0. The molecule has 124 valence electrons. The molecule has 0 bridgehead atoms. The molecule has 0 amide bonds. The molecule has 1 N–H and O–H groups in total. The van der Waals surface area contributed by atoms with Crippen molar-refractivity contribution in [2.45, 2.75) is 58.0 Å². The molecule has 1 saturated carbocycles. The molecule has 1 heterocycles. The molecule has 1 aliphatic rings. The Morgan fingerprint density at radius 3 is 2.65 bits per heavy atom. The van der Waals surface area contributed by atoms with Gasteiger partial charge in [-0.15, -0.1) is 0 Å². The first-order valence-corrected chi connectivity index (χ1v) is 8.32. The quantitative estimate of drug-likeness (QED) is 0.903. The van der Waals surface area contributed by atoms with Crippen molar-refractivity contribution in [3.63, 3.8) is 0 Å². The van der Waals surface area contributed by atoms with Crippen molar-refractivity contribution < 1.29 is 8.78 Å². The third kappa shape index (κ3) is 3.44. The lowest BCUT2D eigenvalue weighted by molar-refractivity contribution is 0.346. The average Bonchev–Trinajstić information content (AvgIpc) is 2.90. The maximum atomic E-state index is 14.0. The highest BCUT2D eigenvalue weighted by Gasteiger charge is 2.20. The van der Waals surface area contributed by atoms with Crippen LogP contribution in [0.5, 0.6) is 0 Å². The van der Waals surface area contributed by atoms with E-state index in [2.05, 4.69) is 17.3 Å². The summed E-state index contributed by atoms with van der Waals surface area (Å²) in [5.74, 6) is -1.18. The zero-order valence-corrected chi connectivity index (χ0v) is 13.6. The van der Waals surface area contributed by atoms with Crippen molar-refractivity contribution in [3.05, 3.63) is 47.3 Å². The van der Waals surface area contributed by atoms with E-state index in [0.717, 1.165) is 17.3 Å². The number of rotatable bonds is 4. The van der Waals surface area contributed by atoms with Crippen LogP contribution >= 0.6 is 0 Å². The number of hydrogen-bond donors (Lipinski definition) is 1. The third-order valence-corrected chi connectivity index (χ3v) is 4.74. The van der Waals surface area contributed by atoms with E-state index in [4.69, 9.17) is 0 Å². The molecule has 0 saturated heterocycles. The normalized spacial score (nSPS) is 17.4. The number of aromatic nitrogens is 2. The summed E-state index contributed by atoms with van der Waals surface area (Å²) in [6.07, 6.45) is 8.09. The van der Waals surface area contributed by atoms with E-state index in [1.807, 2.05) is 6.92 Å². The van der Waals surface area contributed by atoms with Gasteiger partial charge in [0.25, 0.3) is 0 Å². The van der Waals surface area contributed by atoms with Crippen molar-refractivity contribution in [2.75, 3.05) is 0 Å². The summed E-state index contributed by atoms with van der Waals surface area (Å²) in [4.78, 5) is 0. The Morgan fingerprint density at radius 1 is 1.22 bits per heavy atom. The molecule has 23 heavy (non-hydrogen) atoms. The van der Waals surface area contributed by atoms with Crippen LogP contribution in [0.25, 0.3) is 5.69 Å². The SMILES string of the molecule is Cc1c([C@H](C)NC2CCCCC2)cnn1-c1ccc(F)cc1F. The first-order chi connectivity index (χ1) is 11.1. The van der Waals surface area contributed by atoms with Crippen molar-refractivity contribution >= 4 is 0 Å². The van der Waals surface area contributed by atoms with E-state index in [-0.39, 0.29) is 11.7 Å². The zero-order valence-electron chi connectivity index (χ0n) is 13.6. The van der Waals surface area contributed by atoms with Crippen molar-refractivity contribution in [1.82, 2.24) is 15.1 Å². The second-order valence-electron chi connectivity index (χ2n) is 6.42. The predicted octanol–water partition coefficient (Wildman–Crippen LogP) is 4.44. The molecule has 0 aliphatic heterocycles. The largest absolute Gasteiger partial charge is 0.307 e. The smallest absolute Gasteiger partial charge is 0.151 e. The van der Waals surface area contributed by atoms with Crippen LogP contribution in [-0.2, 0) is 0 Å². The summed E-state index contributed by atoms with van der Waals surface area (Å²) in [6.45, 7) is 4.04. The molecule has 0 radical (unpaired) electrons. The summed E-state index contributed by atoms with van der Waals surface area (Å²) in [6, 6.07) is 4.27.